The Morgan fingerprint density at radius 2 is 1.90 bits per heavy atom. The molecule has 0 atom stereocenters. The number of hydrogen-bond acceptors (Lipinski definition) is 8. The van der Waals surface area contributed by atoms with Crippen LogP contribution in [0.15, 0.2) is 42.6 Å². The summed E-state index contributed by atoms with van der Waals surface area (Å²) in [5.41, 5.74) is 13.3. The van der Waals surface area contributed by atoms with E-state index in [0.717, 1.165) is 0 Å². The molecule has 1 amide bonds. The molecule has 0 aliphatic rings. The molecule has 1 aromatic carbocycles. The third-order valence-corrected chi connectivity index (χ3v) is 4.37. The molecule has 3 heterocycles. The number of fused-ring (bicyclic) bond motifs is 1. The summed E-state index contributed by atoms with van der Waals surface area (Å²) in [6.45, 7) is 0.160. The summed E-state index contributed by atoms with van der Waals surface area (Å²) in [6, 6.07) is 9.95. The zero-order valence-corrected chi connectivity index (χ0v) is 15.8. The van der Waals surface area contributed by atoms with E-state index in [4.69, 9.17) is 11.5 Å². The van der Waals surface area contributed by atoms with Gasteiger partial charge >= 0.3 is 6.09 Å². The lowest BCUT2D eigenvalue weighted by molar-refractivity contribution is 0.187. The summed E-state index contributed by atoms with van der Waals surface area (Å²) in [5, 5.41) is 7.54. The summed E-state index contributed by atoms with van der Waals surface area (Å²) in [5.74, 6) is -0.306. The number of anilines is 3. The number of benzene rings is 1. The number of halogens is 1. The van der Waals surface area contributed by atoms with E-state index in [1.807, 2.05) is 0 Å². The normalized spacial score (nSPS) is 10.9. The number of rotatable bonds is 4. The van der Waals surface area contributed by atoms with Crippen LogP contribution in [0, 0.1) is 5.82 Å². The van der Waals surface area contributed by atoms with Gasteiger partial charge in [-0.2, -0.15) is 5.10 Å². The van der Waals surface area contributed by atoms with Crippen molar-refractivity contribution in [3.8, 4) is 11.5 Å². The number of nitrogens with two attached hydrogens (primary N) is 2. The Kier molecular flexibility index (Phi) is 4.84. The van der Waals surface area contributed by atoms with Crippen LogP contribution in [0.25, 0.3) is 22.6 Å². The molecule has 0 saturated carbocycles. The fraction of sp³-hybridized carbons (Fsp3) is 0.105. The van der Waals surface area contributed by atoms with Crippen molar-refractivity contribution in [3.05, 3.63) is 54.0 Å². The predicted octanol–water partition coefficient (Wildman–Crippen LogP) is 2.42. The summed E-state index contributed by atoms with van der Waals surface area (Å²) in [6.07, 6.45) is 0.854. The molecule has 0 bridgehead atoms. The van der Waals surface area contributed by atoms with Crippen molar-refractivity contribution in [1.82, 2.24) is 24.7 Å². The van der Waals surface area contributed by atoms with E-state index in [1.165, 1.54) is 13.2 Å². The van der Waals surface area contributed by atoms with E-state index in [-0.39, 0.29) is 35.5 Å². The number of amides is 1. The van der Waals surface area contributed by atoms with Crippen LogP contribution in [-0.2, 0) is 11.3 Å². The SMILES string of the molecule is COC(=O)Nc1c(N)nc(-c2nn(Cc3ccccc3F)c3ncccc23)nc1N. The molecule has 0 aliphatic heterocycles. The Morgan fingerprint density at radius 1 is 1.17 bits per heavy atom. The van der Waals surface area contributed by atoms with E-state index in [0.29, 0.717) is 22.3 Å². The summed E-state index contributed by atoms with van der Waals surface area (Å²) in [7, 11) is 1.21. The minimum absolute atomic E-state index is 0.0406. The lowest BCUT2D eigenvalue weighted by atomic mass is 10.2. The molecule has 30 heavy (non-hydrogen) atoms. The summed E-state index contributed by atoms with van der Waals surface area (Å²) >= 11 is 0. The number of nitrogens with one attached hydrogen (secondary N) is 1. The summed E-state index contributed by atoms with van der Waals surface area (Å²) in [4.78, 5) is 24.3. The number of hydrogen-bond donors (Lipinski definition) is 3. The Hall–Kier alpha value is -4.28. The number of carbonyl (C=O) groups excluding carboxylic acids is 1. The highest BCUT2D eigenvalue weighted by molar-refractivity contribution is 5.94. The zero-order valence-electron chi connectivity index (χ0n) is 15.8. The van der Waals surface area contributed by atoms with Gasteiger partial charge in [0.15, 0.2) is 23.1 Å². The number of carbonyl (C=O) groups is 1. The molecule has 0 fully saturated rings. The van der Waals surface area contributed by atoms with Crippen molar-refractivity contribution in [2.45, 2.75) is 6.54 Å². The number of ether oxygens (including phenoxy) is 1. The third kappa shape index (κ3) is 3.43. The molecule has 0 saturated heterocycles. The fourth-order valence-corrected chi connectivity index (χ4v) is 2.96. The Morgan fingerprint density at radius 3 is 2.60 bits per heavy atom. The molecule has 0 aliphatic carbocycles. The van der Waals surface area contributed by atoms with Crippen LogP contribution < -0.4 is 16.8 Å². The minimum atomic E-state index is -0.756. The maximum atomic E-state index is 14.1. The first-order valence-electron chi connectivity index (χ1n) is 8.81. The van der Waals surface area contributed by atoms with Crippen LogP contribution >= 0.6 is 0 Å². The second kappa shape index (κ2) is 7.62. The molecule has 10 nitrogen and oxygen atoms in total. The van der Waals surface area contributed by atoms with Crippen LogP contribution in [0.4, 0.5) is 26.5 Å². The molecule has 152 valence electrons. The average molecular weight is 408 g/mol. The fourth-order valence-electron chi connectivity index (χ4n) is 2.96. The van der Waals surface area contributed by atoms with Crippen molar-refractivity contribution >= 4 is 34.4 Å². The van der Waals surface area contributed by atoms with Crippen molar-refractivity contribution < 1.29 is 13.9 Å². The molecule has 4 rings (SSSR count). The van der Waals surface area contributed by atoms with E-state index in [9.17, 15) is 9.18 Å². The van der Waals surface area contributed by atoms with Crippen LogP contribution in [0.3, 0.4) is 0 Å². The Bertz CT molecular complexity index is 1230. The molecule has 0 spiro atoms. The van der Waals surface area contributed by atoms with Crippen LogP contribution in [0.1, 0.15) is 5.56 Å². The van der Waals surface area contributed by atoms with E-state index in [2.05, 4.69) is 30.1 Å². The average Bonchev–Trinajstić information content (AvgIpc) is 3.10. The zero-order chi connectivity index (χ0) is 21.3. The van der Waals surface area contributed by atoms with Gasteiger partial charge in [0.25, 0.3) is 0 Å². The lowest BCUT2D eigenvalue weighted by Gasteiger charge is -2.10. The van der Waals surface area contributed by atoms with Gasteiger partial charge in [-0.15, -0.1) is 0 Å². The van der Waals surface area contributed by atoms with Gasteiger partial charge in [-0.05, 0) is 18.2 Å². The number of nitrogen functional groups attached to an aromatic ring is 2. The summed E-state index contributed by atoms with van der Waals surface area (Å²) < 4.78 is 20.2. The Balaban J connectivity index is 1.80. The van der Waals surface area contributed by atoms with Gasteiger partial charge in [-0.25, -0.2) is 28.8 Å². The molecule has 11 heteroatoms. The van der Waals surface area contributed by atoms with Crippen LogP contribution in [0.2, 0.25) is 0 Å². The number of methoxy groups -OCH3 is 1. The lowest BCUT2D eigenvalue weighted by Crippen LogP contribution is -2.16. The predicted molar refractivity (Wildman–Crippen MR) is 109 cm³/mol. The van der Waals surface area contributed by atoms with Gasteiger partial charge in [0.2, 0.25) is 0 Å². The van der Waals surface area contributed by atoms with Crippen molar-refractivity contribution in [2.75, 3.05) is 23.9 Å². The molecule has 5 N–H and O–H groups in total. The van der Waals surface area contributed by atoms with Crippen LogP contribution in [0.5, 0.6) is 0 Å². The highest BCUT2D eigenvalue weighted by Gasteiger charge is 2.20. The molecule has 0 radical (unpaired) electrons. The van der Waals surface area contributed by atoms with Gasteiger partial charge in [-0.1, -0.05) is 18.2 Å². The van der Waals surface area contributed by atoms with Crippen molar-refractivity contribution in [1.29, 1.82) is 0 Å². The maximum absolute atomic E-state index is 14.1. The molecule has 4 aromatic rings. The number of pyridine rings is 1. The van der Waals surface area contributed by atoms with Gasteiger partial charge in [-0.3, -0.25) is 5.32 Å². The number of nitrogens with zero attached hydrogens (tertiary/aromatic N) is 5. The second-order valence-electron chi connectivity index (χ2n) is 6.28. The smallest absolute Gasteiger partial charge is 0.411 e. The molecular formula is C19H17FN8O2. The monoisotopic (exact) mass is 408 g/mol. The van der Waals surface area contributed by atoms with Crippen molar-refractivity contribution in [2.24, 2.45) is 0 Å². The standard InChI is InChI=1S/C19H17FN8O2/c1-30-19(29)24-14-15(21)25-17(26-16(14)22)13-11-6-4-8-23-18(11)28(27-13)9-10-5-2-3-7-12(10)20/h2-8H,9H2,1H3,(H,24,29)(H4,21,22,25,26). The number of aromatic nitrogens is 5. The highest BCUT2D eigenvalue weighted by Crippen LogP contribution is 2.30. The van der Waals surface area contributed by atoms with Gasteiger partial charge in [0.1, 0.15) is 17.2 Å². The van der Waals surface area contributed by atoms with Gasteiger partial charge in [0, 0.05) is 11.8 Å². The van der Waals surface area contributed by atoms with Gasteiger partial charge in [0.05, 0.1) is 19.0 Å². The van der Waals surface area contributed by atoms with Crippen molar-refractivity contribution in [3.63, 3.8) is 0 Å². The van der Waals surface area contributed by atoms with E-state index in [1.54, 1.807) is 41.2 Å². The third-order valence-electron chi connectivity index (χ3n) is 4.37. The van der Waals surface area contributed by atoms with Gasteiger partial charge < -0.3 is 16.2 Å². The van der Waals surface area contributed by atoms with E-state index < -0.39 is 6.09 Å². The maximum Gasteiger partial charge on any atom is 0.411 e. The molecule has 3 aromatic heterocycles. The first kappa shape index (κ1) is 19.1. The quantitative estimate of drug-likeness (QED) is 0.466. The van der Waals surface area contributed by atoms with Crippen LogP contribution in [-0.4, -0.2) is 37.9 Å². The minimum Gasteiger partial charge on any atom is -0.453 e. The first-order chi connectivity index (χ1) is 14.5. The topological polar surface area (TPSA) is 147 Å². The first-order valence-corrected chi connectivity index (χ1v) is 8.81. The molecular weight excluding hydrogens is 391 g/mol. The van der Waals surface area contributed by atoms with E-state index >= 15 is 0 Å². The highest BCUT2D eigenvalue weighted by atomic mass is 19.1. The Labute approximate surface area is 169 Å². The molecule has 0 unspecified atom stereocenters. The largest absolute Gasteiger partial charge is 0.453 e. The second-order valence-corrected chi connectivity index (χ2v) is 6.28.